The highest BCUT2D eigenvalue weighted by Crippen LogP contribution is 2.18. The zero-order chi connectivity index (χ0) is 11.3. The molecule has 0 bridgehead atoms. The van der Waals surface area contributed by atoms with E-state index in [-0.39, 0.29) is 17.6 Å². The van der Waals surface area contributed by atoms with Crippen LogP contribution in [0.2, 0.25) is 5.02 Å². The summed E-state index contributed by atoms with van der Waals surface area (Å²) in [6.07, 6.45) is 0. The normalized spacial score (nSPS) is 12.5. The Hall–Kier alpha value is -0.510. The lowest BCUT2D eigenvalue weighted by atomic mass is 10.1. The van der Waals surface area contributed by atoms with Crippen LogP contribution >= 0.6 is 23.4 Å². The molecule has 82 valence electrons. The summed E-state index contributed by atoms with van der Waals surface area (Å²) in [5.74, 6) is 0.629. The second-order valence-corrected chi connectivity index (χ2v) is 5.00. The van der Waals surface area contributed by atoms with Gasteiger partial charge in [-0.15, -0.1) is 11.8 Å². The van der Waals surface area contributed by atoms with Crippen LogP contribution in [0.4, 0.5) is 0 Å². The van der Waals surface area contributed by atoms with Gasteiger partial charge in [-0.1, -0.05) is 23.7 Å². The fraction of sp³-hybridized carbons (Fsp3) is 0.364. The van der Waals surface area contributed by atoms with Crippen LogP contribution < -0.4 is 0 Å². The van der Waals surface area contributed by atoms with Gasteiger partial charge in [0.1, 0.15) is 0 Å². The molecule has 1 rings (SSSR count). The van der Waals surface area contributed by atoms with E-state index in [1.54, 1.807) is 24.3 Å². The van der Waals surface area contributed by atoms with E-state index < -0.39 is 0 Å². The molecule has 0 radical (unpaired) electrons. The van der Waals surface area contributed by atoms with Gasteiger partial charge in [-0.2, -0.15) is 0 Å². The number of hydrogen-bond acceptors (Lipinski definition) is 3. The summed E-state index contributed by atoms with van der Waals surface area (Å²) in [7, 11) is 0. The average Bonchev–Trinajstić information content (AvgIpc) is 2.24. The lowest BCUT2D eigenvalue weighted by Gasteiger charge is -2.09. The molecule has 1 aromatic carbocycles. The molecule has 4 heteroatoms. The first-order valence-electron chi connectivity index (χ1n) is 4.67. The van der Waals surface area contributed by atoms with Gasteiger partial charge >= 0.3 is 0 Å². The van der Waals surface area contributed by atoms with Crippen molar-refractivity contribution in [1.82, 2.24) is 0 Å². The summed E-state index contributed by atoms with van der Waals surface area (Å²) >= 11 is 7.24. The molecule has 0 aliphatic heterocycles. The van der Waals surface area contributed by atoms with E-state index in [0.717, 1.165) is 0 Å². The predicted octanol–water partition coefficient (Wildman–Crippen LogP) is 2.64. The van der Waals surface area contributed by atoms with Gasteiger partial charge in [-0.05, 0) is 19.1 Å². The second-order valence-electron chi connectivity index (χ2n) is 3.11. The number of aliphatic hydroxyl groups excluding tert-OH is 1. The number of rotatable bonds is 5. The maximum atomic E-state index is 11.8. The van der Waals surface area contributed by atoms with Gasteiger partial charge in [-0.3, -0.25) is 4.79 Å². The summed E-state index contributed by atoms with van der Waals surface area (Å²) in [4.78, 5) is 11.8. The topological polar surface area (TPSA) is 37.3 Å². The standard InChI is InChI=1S/C11H13ClO2S/c1-8(15-6-5-13)11(14)9-3-2-4-10(12)7-9/h2-4,7-8,13H,5-6H2,1H3. The monoisotopic (exact) mass is 244 g/mol. The van der Waals surface area contributed by atoms with Crippen LogP contribution in [0.15, 0.2) is 24.3 Å². The van der Waals surface area contributed by atoms with E-state index in [0.29, 0.717) is 16.3 Å². The summed E-state index contributed by atoms with van der Waals surface area (Å²) in [5.41, 5.74) is 0.625. The summed E-state index contributed by atoms with van der Waals surface area (Å²) in [5, 5.41) is 9.09. The Morgan fingerprint density at radius 3 is 2.93 bits per heavy atom. The van der Waals surface area contributed by atoms with Crippen molar-refractivity contribution in [3.05, 3.63) is 34.9 Å². The Labute approximate surface area is 98.6 Å². The van der Waals surface area contributed by atoms with Crippen LogP contribution in [-0.4, -0.2) is 28.5 Å². The molecule has 1 atom stereocenters. The molecule has 0 amide bonds. The molecule has 0 heterocycles. The highest BCUT2D eigenvalue weighted by atomic mass is 35.5. The Morgan fingerprint density at radius 2 is 2.33 bits per heavy atom. The largest absolute Gasteiger partial charge is 0.396 e. The lowest BCUT2D eigenvalue weighted by Crippen LogP contribution is -2.14. The fourth-order valence-corrected chi connectivity index (χ4v) is 2.12. The molecule has 15 heavy (non-hydrogen) atoms. The second kappa shape index (κ2) is 6.16. The fourth-order valence-electron chi connectivity index (χ4n) is 1.18. The SMILES string of the molecule is CC(SCCO)C(=O)c1cccc(Cl)c1. The van der Waals surface area contributed by atoms with Crippen molar-refractivity contribution in [3.63, 3.8) is 0 Å². The van der Waals surface area contributed by atoms with Crippen molar-refractivity contribution in [1.29, 1.82) is 0 Å². The van der Waals surface area contributed by atoms with Gasteiger partial charge in [0, 0.05) is 16.3 Å². The summed E-state index contributed by atoms with van der Waals surface area (Å²) in [6, 6.07) is 6.92. The maximum absolute atomic E-state index is 11.8. The van der Waals surface area contributed by atoms with Crippen LogP contribution in [0.3, 0.4) is 0 Å². The third-order valence-corrected chi connectivity index (χ3v) is 3.30. The third kappa shape index (κ3) is 3.86. The van der Waals surface area contributed by atoms with Gasteiger partial charge in [0.2, 0.25) is 0 Å². The first-order valence-corrected chi connectivity index (χ1v) is 6.10. The minimum atomic E-state index is -0.143. The number of halogens is 1. The number of carbonyl (C=O) groups is 1. The smallest absolute Gasteiger partial charge is 0.175 e. The quantitative estimate of drug-likeness (QED) is 0.810. The predicted molar refractivity (Wildman–Crippen MR) is 64.8 cm³/mol. The first kappa shape index (κ1) is 12.6. The molecule has 0 aliphatic rings. The van der Waals surface area contributed by atoms with Crippen molar-refractivity contribution in [2.24, 2.45) is 0 Å². The molecule has 1 N–H and O–H groups in total. The van der Waals surface area contributed by atoms with E-state index >= 15 is 0 Å². The number of carbonyl (C=O) groups excluding carboxylic acids is 1. The van der Waals surface area contributed by atoms with Gasteiger partial charge in [-0.25, -0.2) is 0 Å². The zero-order valence-electron chi connectivity index (χ0n) is 8.44. The summed E-state index contributed by atoms with van der Waals surface area (Å²) in [6.45, 7) is 1.93. The molecule has 1 aromatic rings. The minimum Gasteiger partial charge on any atom is -0.396 e. The number of Topliss-reactive ketones (excluding diaryl/α,β-unsaturated/α-hetero) is 1. The van der Waals surface area contributed by atoms with E-state index in [1.165, 1.54) is 11.8 Å². The van der Waals surface area contributed by atoms with Crippen molar-refractivity contribution < 1.29 is 9.90 Å². The van der Waals surface area contributed by atoms with Crippen molar-refractivity contribution in [3.8, 4) is 0 Å². The van der Waals surface area contributed by atoms with Gasteiger partial charge in [0.15, 0.2) is 5.78 Å². The zero-order valence-corrected chi connectivity index (χ0v) is 10.0. The number of thioether (sulfide) groups is 1. The lowest BCUT2D eigenvalue weighted by molar-refractivity contribution is 0.0994. The van der Waals surface area contributed by atoms with Gasteiger partial charge in [0.05, 0.1) is 11.9 Å². The molecule has 0 fully saturated rings. The molecule has 0 saturated heterocycles. The molecule has 2 nitrogen and oxygen atoms in total. The molecule has 0 aromatic heterocycles. The number of ketones is 1. The van der Waals surface area contributed by atoms with Crippen LogP contribution in [0.25, 0.3) is 0 Å². The number of hydrogen-bond donors (Lipinski definition) is 1. The number of benzene rings is 1. The van der Waals surface area contributed by atoms with E-state index in [4.69, 9.17) is 16.7 Å². The average molecular weight is 245 g/mol. The van der Waals surface area contributed by atoms with Crippen molar-refractivity contribution in [2.75, 3.05) is 12.4 Å². The molecule has 1 unspecified atom stereocenters. The Balaban J connectivity index is 2.67. The van der Waals surface area contributed by atoms with Crippen LogP contribution in [-0.2, 0) is 0 Å². The third-order valence-electron chi connectivity index (χ3n) is 1.94. The van der Waals surface area contributed by atoms with Crippen molar-refractivity contribution in [2.45, 2.75) is 12.2 Å². The van der Waals surface area contributed by atoms with Gasteiger partial charge < -0.3 is 5.11 Å². The first-order chi connectivity index (χ1) is 7.15. The Kier molecular flexibility index (Phi) is 5.15. The minimum absolute atomic E-state index is 0.0518. The molecule has 0 saturated carbocycles. The molecule has 0 aliphatic carbocycles. The van der Waals surface area contributed by atoms with Gasteiger partial charge in [0.25, 0.3) is 0 Å². The van der Waals surface area contributed by atoms with Crippen LogP contribution in [0.5, 0.6) is 0 Å². The maximum Gasteiger partial charge on any atom is 0.175 e. The Morgan fingerprint density at radius 1 is 1.60 bits per heavy atom. The van der Waals surface area contributed by atoms with Crippen molar-refractivity contribution >= 4 is 29.1 Å². The van der Waals surface area contributed by atoms with E-state index in [2.05, 4.69) is 0 Å². The molecular weight excluding hydrogens is 232 g/mol. The Bertz CT molecular complexity index is 341. The molecule has 0 spiro atoms. The highest BCUT2D eigenvalue weighted by molar-refractivity contribution is 8.00. The van der Waals surface area contributed by atoms with Crippen LogP contribution in [0.1, 0.15) is 17.3 Å². The summed E-state index contributed by atoms with van der Waals surface area (Å²) < 4.78 is 0. The highest BCUT2D eigenvalue weighted by Gasteiger charge is 2.15. The van der Waals surface area contributed by atoms with Crippen LogP contribution in [0, 0.1) is 0 Å². The van der Waals surface area contributed by atoms with E-state index in [1.807, 2.05) is 6.92 Å². The molecular formula is C11H13ClO2S. The van der Waals surface area contributed by atoms with E-state index in [9.17, 15) is 4.79 Å². The number of aliphatic hydroxyl groups is 1.